The highest BCUT2D eigenvalue weighted by molar-refractivity contribution is 7.92. The van der Waals surface area contributed by atoms with E-state index in [1.807, 2.05) is 6.07 Å². The van der Waals surface area contributed by atoms with E-state index in [0.29, 0.717) is 6.41 Å². The van der Waals surface area contributed by atoms with Crippen molar-refractivity contribution in [3.8, 4) is 6.07 Å². The van der Waals surface area contributed by atoms with Crippen LogP contribution in [-0.2, 0) is 19.4 Å². The minimum Gasteiger partial charge on any atom is -0.378 e. The van der Waals surface area contributed by atoms with Crippen molar-refractivity contribution in [3.63, 3.8) is 0 Å². The van der Waals surface area contributed by atoms with E-state index in [1.165, 1.54) is 12.1 Å². The minimum atomic E-state index is -4.62. The number of alkyl halides is 3. The number of rotatable bonds is 6. The molecule has 0 spiro atoms. The predicted molar refractivity (Wildman–Crippen MR) is 127 cm³/mol. The van der Waals surface area contributed by atoms with Gasteiger partial charge in [-0.1, -0.05) is 11.6 Å². The lowest BCUT2D eigenvalue weighted by Gasteiger charge is -2.28. The van der Waals surface area contributed by atoms with Gasteiger partial charge in [0.1, 0.15) is 11.0 Å². The number of carbonyl (C=O) groups excluding carboxylic acids is 2. The number of hydrogen-bond acceptors (Lipinski definition) is 6. The van der Waals surface area contributed by atoms with Gasteiger partial charge < -0.3 is 15.1 Å². The second kappa shape index (κ2) is 9.74. The van der Waals surface area contributed by atoms with Gasteiger partial charge in [0.25, 0.3) is 0 Å². The lowest BCUT2D eigenvalue weighted by molar-refractivity contribution is -0.198. The third kappa shape index (κ3) is 5.27. The summed E-state index contributed by atoms with van der Waals surface area (Å²) >= 11 is 6.18. The van der Waals surface area contributed by atoms with E-state index in [-0.39, 0.29) is 35.7 Å². The summed E-state index contributed by atoms with van der Waals surface area (Å²) in [6.45, 7) is 1.32. The van der Waals surface area contributed by atoms with Crippen LogP contribution in [0.4, 0.5) is 18.9 Å². The number of hydrogen-bond donors (Lipinski definition) is 1. The van der Waals surface area contributed by atoms with E-state index >= 15 is 0 Å². The quantitative estimate of drug-likeness (QED) is 0.546. The molecule has 8 nitrogen and oxygen atoms in total. The summed E-state index contributed by atoms with van der Waals surface area (Å²) in [7, 11) is -0.321. The fraction of sp³-hybridized carbons (Fsp3) is 0.609. The molecule has 1 heterocycles. The molecule has 36 heavy (non-hydrogen) atoms. The number of amides is 2. The molecular weight excluding hydrogens is 521 g/mol. The molecule has 3 fully saturated rings. The van der Waals surface area contributed by atoms with Crippen molar-refractivity contribution in [2.24, 2.45) is 5.41 Å². The highest BCUT2D eigenvalue weighted by atomic mass is 35.5. The summed E-state index contributed by atoms with van der Waals surface area (Å²) in [4.78, 5) is 25.1. The molecule has 0 aromatic heterocycles. The van der Waals surface area contributed by atoms with Crippen LogP contribution in [0.1, 0.15) is 39.0 Å². The molecule has 1 N–H and O–H groups in total. The third-order valence-electron chi connectivity index (χ3n) is 6.98. The molecule has 1 saturated heterocycles. The number of benzene rings is 1. The molecular formula is C23H28ClF3N4O4S. The number of likely N-dealkylation sites (tertiary alicyclic amines) is 1. The zero-order valence-electron chi connectivity index (χ0n) is 20.1. The normalized spacial score (nSPS) is 23.6. The second-order valence-corrected chi connectivity index (χ2v) is 12.4. The Morgan fingerprint density at radius 3 is 2.28 bits per heavy atom. The Morgan fingerprint density at radius 2 is 1.89 bits per heavy atom. The van der Waals surface area contributed by atoms with E-state index in [0.717, 1.165) is 23.4 Å². The number of nitrogens with zero attached hydrogens (tertiary/aromatic N) is 3. The molecule has 1 aliphatic heterocycles. The van der Waals surface area contributed by atoms with E-state index in [4.69, 9.17) is 16.9 Å². The van der Waals surface area contributed by atoms with Gasteiger partial charge in [0.2, 0.25) is 12.3 Å². The van der Waals surface area contributed by atoms with Crippen molar-refractivity contribution in [2.75, 3.05) is 25.5 Å². The van der Waals surface area contributed by atoms with Crippen molar-refractivity contribution in [1.82, 2.24) is 10.2 Å². The molecule has 1 aromatic rings. The van der Waals surface area contributed by atoms with Crippen LogP contribution in [0.2, 0.25) is 5.02 Å². The average Bonchev–Trinajstić information content (AvgIpc) is 3.71. The Bertz CT molecular complexity index is 1170. The number of sulfone groups is 1. The lowest BCUT2D eigenvalue weighted by Crippen LogP contribution is -2.46. The Kier molecular flexibility index (Phi) is 7.59. The number of carbonyl (C=O) groups is 2. The summed E-state index contributed by atoms with van der Waals surface area (Å²) in [6.07, 6.45) is -2.83. The van der Waals surface area contributed by atoms with Gasteiger partial charge in [0.15, 0.2) is 9.84 Å². The summed E-state index contributed by atoms with van der Waals surface area (Å²) in [5.74, 6) is -1.01. The minimum absolute atomic E-state index is 0.0533. The van der Waals surface area contributed by atoms with E-state index < -0.39 is 44.2 Å². The highest BCUT2D eigenvalue weighted by Gasteiger charge is 2.70. The molecule has 2 amide bonds. The van der Waals surface area contributed by atoms with Gasteiger partial charge in [-0.05, 0) is 57.2 Å². The van der Waals surface area contributed by atoms with Crippen molar-refractivity contribution >= 4 is 39.4 Å². The van der Waals surface area contributed by atoms with Crippen LogP contribution in [0.15, 0.2) is 23.1 Å². The summed E-state index contributed by atoms with van der Waals surface area (Å²) < 4.78 is 66.0. The van der Waals surface area contributed by atoms with Gasteiger partial charge in [0, 0.05) is 32.4 Å². The maximum Gasteiger partial charge on any atom is 0.403 e. The SMILES string of the molecule is C[C@@H]1CC(S(=O)(=O)c2ccc(N(C)C)cc2Cl)CN1C(=O)C1(C(F)(F)F)CC1.N#CC1(NC=O)CC1. The van der Waals surface area contributed by atoms with Crippen LogP contribution >= 0.6 is 11.6 Å². The maximum atomic E-state index is 13.3. The van der Waals surface area contributed by atoms with Crippen LogP contribution in [0.3, 0.4) is 0 Å². The summed E-state index contributed by atoms with van der Waals surface area (Å²) in [6, 6.07) is 5.96. The van der Waals surface area contributed by atoms with Gasteiger partial charge in [-0.2, -0.15) is 18.4 Å². The lowest BCUT2D eigenvalue weighted by atomic mass is 10.0. The molecule has 3 aliphatic rings. The smallest absolute Gasteiger partial charge is 0.378 e. The highest BCUT2D eigenvalue weighted by Crippen LogP contribution is 2.59. The Hall–Kier alpha value is -2.52. The summed E-state index contributed by atoms with van der Waals surface area (Å²) in [5, 5.41) is 9.82. The molecule has 1 unspecified atom stereocenters. The first-order chi connectivity index (χ1) is 16.6. The number of nitriles is 1. The Labute approximate surface area is 213 Å². The molecule has 13 heteroatoms. The zero-order valence-corrected chi connectivity index (χ0v) is 21.7. The van der Waals surface area contributed by atoms with Gasteiger partial charge in [-0.25, -0.2) is 8.42 Å². The van der Waals surface area contributed by atoms with Crippen LogP contribution in [0, 0.1) is 16.7 Å². The average molecular weight is 549 g/mol. The Balaban J connectivity index is 0.000000383. The molecule has 4 rings (SSSR count). The van der Waals surface area contributed by atoms with Gasteiger partial charge >= 0.3 is 6.18 Å². The van der Waals surface area contributed by atoms with Crippen molar-refractivity contribution in [1.29, 1.82) is 5.26 Å². The maximum absolute atomic E-state index is 13.3. The van der Waals surface area contributed by atoms with Gasteiger partial charge in [0.05, 0.1) is 21.2 Å². The Morgan fingerprint density at radius 1 is 1.28 bits per heavy atom. The van der Waals surface area contributed by atoms with E-state index in [2.05, 4.69) is 5.32 Å². The van der Waals surface area contributed by atoms with Gasteiger partial charge in [-0.15, -0.1) is 0 Å². The first kappa shape index (κ1) is 28.1. The summed E-state index contributed by atoms with van der Waals surface area (Å²) in [5.41, 5.74) is -2.09. The molecule has 0 radical (unpaired) electrons. The molecule has 2 saturated carbocycles. The van der Waals surface area contributed by atoms with Crippen molar-refractivity contribution < 1.29 is 31.2 Å². The third-order valence-corrected chi connectivity index (χ3v) is 9.59. The predicted octanol–water partition coefficient (Wildman–Crippen LogP) is 3.30. The first-order valence-corrected chi connectivity index (χ1v) is 13.3. The van der Waals surface area contributed by atoms with Crippen LogP contribution in [-0.4, -0.2) is 69.3 Å². The second-order valence-electron chi connectivity index (χ2n) is 9.75. The van der Waals surface area contributed by atoms with Crippen LogP contribution in [0.25, 0.3) is 0 Å². The number of halogens is 4. The number of nitrogens with one attached hydrogen (secondary N) is 1. The fourth-order valence-electron chi connectivity index (χ4n) is 4.21. The molecule has 2 atom stereocenters. The van der Waals surface area contributed by atoms with Gasteiger partial charge in [-0.3, -0.25) is 9.59 Å². The zero-order chi connectivity index (χ0) is 27.1. The standard InChI is InChI=1S/C18H22ClF3N2O3S.C5H6N2O/c1-11-8-13(10-24(11)16(25)17(6-7-17)18(20,21)22)28(26,27)15-5-4-12(23(2)3)9-14(15)19;6-3-5(1-2-5)7-4-8/h4-5,9,11,13H,6-8,10H2,1-3H3;4H,1-2H2,(H,7,8)/t11-,13?;/m1./s1. The molecule has 2 aliphatic carbocycles. The molecule has 198 valence electrons. The molecule has 1 aromatic carbocycles. The molecule has 0 bridgehead atoms. The van der Waals surface area contributed by atoms with Crippen molar-refractivity contribution in [2.45, 2.75) is 66.9 Å². The van der Waals surface area contributed by atoms with E-state index in [1.54, 1.807) is 32.0 Å². The van der Waals surface area contributed by atoms with Crippen molar-refractivity contribution in [3.05, 3.63) is 23.2 Å². The monoisotopic (exact) mass is 548 g/mol. The number of anilines is 1. The first-order valence-electron chi connectivity index (χ1n) is 11.4. The van der Waals surface area contributed by atoms with Crippen LogP contribution < -0.4 is 10.2 Å². The van der Waals surface area contributed by atoms with Crippen LogP contribution in [0.5, 0.6) is 0 Å². The largest absolute Gasteiger partial charge is 0.403 e. The fourth-order valence-corrected chi connectivity index (χ4v) is 6.55. The van der Waals surface area contributed by atoms with E-state index in [9.17, 15) is 31.2 Å². The topological polar surface area (TPSA) is 111 Å².